The van der Waals surface area contributed by atoms with Crippen LogP contribution in [0.2, 0.25) is 10.0 Å². The second-order valence-electron chi connectivity index (χ2n) is 5.52. The van der Waals surface area contributed by atoms with E-state index in [0.717, 1.165) is 18.2 Å². The van der Waals surface area contributed by atoms with Gasteiger partial charge in [0.2, 0.25) is 26.6 Å². The summed E-state index contributed by atoms with van der Waals surface area (Å²) < 4.78 is 71.1. The Hall–Kier alpha value is -2.23. The smallest absolute Gasteiger partial charge is 0.417 e. The van der Waals surface area contributed by atoms with Crippen molar-refractivity contribution < 1.29 is 26.0 Å². The van der Waals surface area contributed by atoms with Gasteiger partial charge in [0, 0.05) is 17.6 Å². The lowest BCUT2D eigenvalue weighted by atomic mass is 10.1. The first-order chi connectivity index (χ1) is 13.1. The van der Waals surface area contributed by atoms with Crippen molar-refractivity contribution >= 4 is 38.9 Å². The molecule has 5 nitrogen and oxygen atoms in total. The van der Waals surface area contributed by atoms with Crippen LogP contribution in [0.25, 0.3) is 11.5 Å². The summed E-state index contributed by atoms with van der Waals surface area (Å²) in [5, 5.41) is 1.88. The number of alkyl halides is 3. The van der Waals surface area contributed by atoms with Crippen molar-refractivity contribution in [2.45, 2.75) is 16.1 Å². The van der Waals surface area contributed by atoms with Crippen LogP contribution in [-0.4, -0.2) is 20.4 Å². The Labute approximate surface area is 168 Å². The van der Waals surface area contributed by atoms with Gasteiger partial charge in [0.15, 0.2) is 0 Å². The van der Waals surface area contributed by atoms with E-state index in [2.05, 4.69) is 10.3 Å². The summed E-state index contributed by atoms with van der Waals surface area (Å²) >= 11 is 11.8. The first-order valence-electron chi connectivity index (χ1n) is 7.61. The van der Waals surface area contributed by atoms with E-state index in [1.165, 1.54) is 31.3 Å². The van der Waals surface area contributed by atoms with E-state index < -0.39 is 38.1 Å². The average Bonchev–Trinajstić information content (AvgIpc) is 3.08. The molecule has 0 aliphatic carbocycles. The predicted molar refractivity (Wildman–Crippen MR) is 98.4 cm³/mol. The summed E-state index contributed by atoms with van der Waals surface area (Å²) in [4.78, 5) is 3.48. The molecule has 0 atom stereocenters. The molecule has 0 saturated carbocycles. The van der Waals surface area contributed by atoms with Gasteiger partial charge in [-0.15, -0.1) is 0 Å². The topological polar surface area (TPSA) is 72.2 Å². The minimum atomic E-state index is -4.68. The van der Waals surface area contributed by atoms with Gasteiger partial charge in [-0.05, 0) is 30.3 Å². The molecule has 3 aromatic rings. The van der Waals surface area contributed by atoms with E-state index in [1.54, 1.807) is 0 Å². The fraction of sp³-hybridized carbons (Fsp3) is 0.118. The highest BCUT2D eigenvalue weighted by Gasteiger charge is 2.36. The Morgan fingerprint density at radius 3 is 2.43 bits per heavy atom. The highest BCUT2D eigenvalue weighted by molar-refractivity contribution is 7.91. The first-order valence-corrected chi connectivity index (χ1v) is 9.85. The summed E-state index contributed by atoms with van der Waals surface area (Å²) in [6.07, 6.45) is -4.68. The monoisotopic (exact) mass is 450 g/mol. The Balaban J connectivity index is 2.22. The molecule has 0 amide bonds. The maximum atomic E-state index is 13.3. The zero-order chi connectivity index (χ0) is 20.7. The molecule has 28 heavy (non-hydrogen) atoms. The van der Waals surface area contributed by atoms with E-state index >= 15 is 0 Å². The van der Waals surface area contributed by atoms with Crippen LogP contribution in [-0.2, 0) is 16.0 Å². The number of nitrogens with one attached hydrogen (secondary N) is 1. The molecule has 0 fully saturated rings. The van der Waals surface area contributed by atoms with Gasteiger partial charge in [-0.25, -0.2) is 8.42 Å². The Kier molecular flexibility index (Phi) is 5.35. The summed E-state index contributed by atoms with van der Waals surface area (Å²) in [6, 6.07) is 8.35. The highest BCUT2D eigenvalue weighted by atomic mass is 35.5. The SMILES string of the molecule is CNc1oc(-c2ccccc2C(F)(F)F)nc1S(=O)(=O)c1cc(Cl)ccc1Cl. The molecule has 11 heteroatoms. The molecular weight excluding hydrogens is 440 g/mol. The van der Waals surface area contributed by atoms with Crippen LogP contribution in [0.4, 0.5) is 19.1 Å². The number of oxazole rings is 1. The normalized spacial score (nSPS) is 12.2. The van der Waals surface area contributed by atoms with Crippen molar-refractivity contribution in [2.75, 3.05) is 12.4 Å². The lowest BCUT2D eigenvalue weighted by molar-refractivity contribution is -0.137. The maximum Gasteiger partial charge on any atom is 0.417 e. The third kappa shape index (κ3) is 3.69. The number of sulfone groups is 1. The molecule has 0 aliphatic rings. The van der Waals surface area contributed by atoms with Crippen molar-refractivity contribution in [1.82, 2.24) is 4.98 Å². The molecule has 148 valence electrons. The molecule has 0 saturated heterocycles. The van der Waals surface area contributed by atoms with Gasteiger partial charge in [-0.1, -0.05) is 35.3 Å². The number of hydrogen-bond donors (Lipinski definition) is 1. The number of rotatable bonds is 4. The summed E-state index contributed by atoms with van der Waals surface area (Å²) in [6.45, 7) is 0. The number of aromatic nitrogens is 1. The second-order valence-corrected chi connectivity index (χ2v) is 8.20. The minimum absolute atomic E-state index is 0.111. The van der Waals surface area contributed by atoms with E-state index in [4.69, 9.17) is 27.6 Å². The number of anilines is 1. The molecule has 2 aromatic carbocycles. The largest absolute Gasteiger partial charge is 0.419 e. The minimum Gasteiger partial charge on any atom is -0.419 e. The van der Waals surface area contributed by atoms with Crippen LogP contribution >= 0.6 is 23.2 Å². The molecular formula is C17H11Cl2F3N2O3S. The highest BCUT2D eigenvalue weighted by Crippen LogP contribution is 2.40. The number of halogens is 5. The Bertz CT molecular complexity index is 1140. The second kappa shape index (κ2) is 7.31. The zero-order valence-corrected chi connectivity index (χ0v) is 16.3. The number of benzene rings is 2. The van der Waals surface area contributed by atoms with Crippen molar-refractivity contribution in [1.29, 1.82) is 0 Å². The van der Waals surface area contributed by atoms with Crippen molar-refractivity contribution in [3.63, 3.8) is 0 Å². The Morgan fingerprint density at radius 2 is 1.79 bits per heavy atom. The van der Waals surface area contributed by atoms with Gasteiger partial charge >= 0.3 is 6.18 Å². The van der Waals surface area contributed by atoms with Crippen molar-refractivity contribution in [2.24, 2.45) is 0 Å². The van der Waals surface area contributed by atoms with Gasteiger partial charge in [0.25, 0.3) is 0 Å². The third-order valence-corrected chi connectivity index (χ3v) is 6.10. The maximum absolute atomic E-state index is 13.3. The molecule has 0 unspecified atom stereocenters. The molecule has 1 aromatic heterocycles. The van der Waals surface area contributed by atoms with Crippen LogP contribution in [0, 0.1) is 0 Å². The quantitative estimate of drug-likeness (QED) is 0.564. The van der Waals surface area contributed by atoms with Crippen LogP contribution < -0.4 is 5.32 Å². The number of nitrogens with zero attached hydrogens (tertiary/aromatic N) is 1. The van der Waals surface area contributed by atoms with Gasteiger partial charge < -0.3 is 9.73 Å². The van der Waals surface area contributed by atoms with Gasteiger partial charge in [0.05, 0.1) is 15.5 Å². The summed E-state index contributed by atoms with van der Waals surface area (Å²) in [5.41, 5.74) is -1.41. The fourth-order valence-electron chi connectivity index (χ4n) is 2.47. The molecule has 3 rings (SSSR count). The lowest BCUT2D eigenvalue weighted by Gasteiger charge is -2.09. The first kappa shape index (κ1) is 20.5. The average molecular weight is 451 g/mol. The van der Waals surface area contributed by atoms with E-state index in [0.29, 0.717) is 0 Å². The number of hydrogen-bond acceptors (Lipinski definition) is 5. The molecule has 0 spiro atoms. The molecule has 0 radical (unpaired) electrons. The van der Waals surface area contributed by atoms with Gasteiger partial charge in [-0.3, -0.25) is 0 Å². The standard InChI is InChI=1S/C17H11Cl2F3N2O3S/c1-23-15-16(28(25,26)13-8-9(18)6-7-12(13)19)24-14(27-15)10-4-2-3-5-11(10)17(20,21)22/h2-8,23H,1H3. The molecule has 0 bridgehead atoms. The molecule has 0 aliphatic heterocycles. The predicted octanol–water partition coefficient (Wildman–Crippen LogP) is 5.54. The summed E-state index contributed by atoms with van der Waals surface area (Å²) in [5.74, 6) is -0.836. The van der Waals surface area contributed by atoms with Crippen LogP contribution in [0.5, 0.6) is 0 Å². The lowest BCUT2D eigenvalue weighted by Crippen LogP contribution is -2.07. The van der Waals surface area contributed by atoms with Gasteiger partial charge in [-0.2, -0.15) is 18.2 Å². The van der Waals surface area contributed by atoms with E-state index in [9.17, 15) is 21.6 Å². The molecule has 1 heterocycles. The van der Waals surface area contributed by atoms with E-state index in [-0.39, 0.29) is 20.8 Å². The molecule has 1 N–H and O–H groups in total. The summed E-state index contributed by atoms with van der Waals surface area (Å²) in [7, 11) is -2.99. The Morgan fingerprint density at radius 1 is 1.11 bits per heavy atom. The van der Waals surface area contributed by atoms with Gasteiger partial charge in [0.1, 0.15) is 0 Å². The van der Waals surface area contributed by atoms with Crippen LogP contribution in [0.15, 0.2) is 56.8 Å². The van der Waals surface area contributed by atoms with Crippen LogP contribution in [0.3, 0.4) is 0 Å². The fourth-order valence-corrected chi connectivity index (χ4v) is 4.53. The van der Waals surface area contributed by atoms with Crippen molar-refractivity contribution in [3.8, 4) is 11.5 Å². The van der Waals surface area contributed by atoms with Crippen molar-refractivity contribution in [3.05, 3.63) is 58.1 Å². The van der Waals surface area contributed by atoms with Crippen LogP contribution in [0.1, 0.15) is 5.56 Å². The zero-order valence-electron chi connectivity index (χ0n) is 14.0. The van der Waals surface area contributed by atoms with E-state index in [1.807, 2.05) is 0 Å². The third-order valence-electron chi connectivity index (χ3n) is 3.72.